The van der Waals surface area contributed by atoms with Crippen molar-refractivity contribution >= 4 is 11.6 Å². The predicted octanol–water partition coefficient (Wildman–Crippen LogP) is 1.29. The number of anilines is 1. The Morgan fingerprint density at radius 1 is 1.04 bits per heavy atom. The molecule has 1 amide bonds. The average molecular weight is 343 g/mol. The minimum Gasteiger partial charge on any atom is -0.365 e. The first-order chi connectivity index (χ1) is 12.2. The van der Waals surface area contributed by atoms with Gasteiger partial charge in [-0.25, -0.2) is 15.2 Å². The Morgan fingerprint density at radius 2 is 1.80 bits per heavy atom. The van der Waals surface area contributed by atoms with Gasteiger partial charge in [0.2, 0.25) is 5.91 Å². The van der Waals surface area contributed by atoms with Gasteiger partial charge in [-0.05, 0) is 30.5 Å². The number of carbonyl (C=O) groups is 1. The van der Waals surface area contributed by atoms with E-state index in [-0.39, 0.29) is 11.7 Å². The average Bonchev–Trinajstić information content (AvgIpc) is 3.10. The van der Waals surface area contributed by atoms with Crippen molar-refractivity contribution < 1.29 is 9.18 Å². The smallest absolute Gasteiger partial charge is 0.242 e. The van der Waals surface area contributed by atoms with Crippen LogP contribution in [0.25, 0.3) is 0 Å². The molecule has 6 nitrogen and oxygen atoms in total. The van der Waals surface area contributed by atoms with Gasteiger partial charge in [-0.1, -0.05) is 42.5 Å². The molecule has 1 aliphatic rings. The first-order valence-electron chi connectivity index (χ1n) is 8.33. The molecule has 132 valence electrons. The summed E-state index contributed by atoms with van der Waals surface area (Å²) in [6, 6.07) is 15.9. The van der Waals surface area contributed by atoms with Crippen molar-refractivity contribution in [2.75, 3.05) is 11.9 Å². The molecule has 25 heavy (non-hydrogen) atoms. The highest BCUT2D eigenvalue weighted by Gasteiger charge is 2.32. The Kier molecular flexibility index (Phi) is 5.95. The van der Waals surface area contributed by atoms with E-state index in [1.54, 1.807) is 18.2 Å². The van der Waals surface area contributed by atoms with Crippen molar-refractivity contribution in [2.24, 2.45) is 0 Å². The van der Waals surface area contributed by atoms with E-state index in [9.17, 15) is 9.18 Å². The molecule has 2 aromatic rings. The van der Waals surface area contributed by atoms with Crippen molar-refractivity contribution in [2.45, 2.75) is 25.0 Å². The molecule has 0 radical (unpaired) electrons. The summed E-state index contributed by atoms with van der Waals surface area (Å²) >= 11 is 0. The molecular formula is C18H22FN5O. The topological polar surface area (TPSA) is 77.2 Å². The Balaban J connectivity index is 1.46. The van der Waals surface area contributed by atoms with Gasteiger partial charge in [0.15, 0.2) is 0 Å². The van der Waals surface area contributed by atoms with Crippen LogP contribution in [-0.2, 0) is 11.2 Å². The van der Waals surface area contributed by atoms with Gasteiger partial charge in [0, 0.05) is 6.54 Å². The summed E-state index contributed by atoms with van der Waals surface area (Å²) in [5, 5.41) is 5.89. The fraction of sp³-hybridized carbons (Fsp3) is 0.278. The van der Waals surface area contributed by atoms with Gasteiger partial charge in [0.05, 0.1) is 5.69 Å². The number of nitrogens with one attached hydrogen (secondary N) is 5. The zero-order valence-corrected chi connectivity index (χ0v) is 13.8. The van der Waals surface area contributed by atoms with Crippen LogP contribution in [-0.4, -0.2) is 24.7 Å². The van der Waals surface area contributed by atoms with E-state index in [0.717, 1.165) is 12.8 Å². The number of aryl methyl sites for hydroxylation is 1. The first-order valence-corrected chi connectivity index (χ1v) is 8.33. The molecule has 0 aliphatic carbocycles. The number of halogens is 1. The number of hydrazine groups is 2. The van der Waals surface area contributed by atoms with Crippen LogP contribution in [0.5, 0.6) is 0 Å². The summed E-state index contributed by atoms with van der Waals surface area (Å²) in [4.78, 5) is 12.4. The number of hydrogen-bond donors (Lipinski definition) is 5. The van der Waals surface area contributed by atoms with Crippen molar-refractivity contribution in [3.05, 3.63) is 66.0 Å². The van der Waals surface area contributed by atoms with Gasteiger partial charge in [0.25, 0.3) is 0 Å². The summed E-state index contributed by atoms with van der Waals surface area (Å²) in [5.41, 5.74) is 10.0. The third-order valence-electron chi connectivity index (χ3n) is 4.04. The molecule has 7 heteroatoms. The molecule has 1 aliphatic heterocycles. The minimum atomic E-state index is -0.559. The second-order valence-corrected chi connectivity index (χ2v) is 5.87. The highest BCUT2D eigenvalue weighted by molar-refractivity contribution is 5.83. The normalized spacial score (nSPS) is 19.6. The molecule has 0 bridgehead atoms. The third-order valence-corrected chi connectivity index (χ3v) is 4.04. The summed E-state index contributed by atoms with van der Waals surface area (Å²) < 4.78 is 13.7. The van der Waals surface area contributed by atoms with Crippen LogP contribution >= 0.6 is 0 Å². The van der Waals surface area contributed by atoms with Crippen molar-refractivity contribution in [3.63, 3.8) is 0 Å². The van der Waals surface area contributed by atoms with Crippen molar-refractivity contribution in [1.29, 1.82) is 0 Å². The van der Waals surface area contributed by atoms with E-state index < -0.39 is 12.2 Å². The Hall–Kier alpha value is -2.48. The van der Waals surface area contributed by atoms with Crippen molar-refractivity contribution in [1.82, 2.24) is 21.7 Å². The molecule has 3 rings (SSSR count). The van der Waals surface area contributed by atoms with Crippen LogP contribution in [0.3, 0.4) is 0 Å². The third kappa shape index (κ3) is 4.76. The molecular weight excluding hydrogens is 321 g/mol. The highest BCUT2D eigenvalue weighted by atomic mass is 19.1. The zero-order chi connectivity index (χ0) is 17.5. The molecule has 2 unspecified atom stereocenters. The van der Waals surface area contributed by atoms with E-state index >= 15 is 0 Å². The fourth-order valence-corrected chi connectivity index (χ4v) is 2.70. The van der Waals surface area contributed by atoms with E-state index in [2.05, 4.69) is 39.2 Å². The Morgan fingerprint density at radius 3 is 2.60 bits per heavy atom. The van der Waals surface area contributed by atoms with Gasteiger partial charge < -0.3 is 10.6 Å². The van der Waals surface area contributed by atoms with Gasteiger partial charge in [-0.3, -0.25) is 4.79 Å². The molecule has 5 N–H and O–H groups in total. The lowest BCUT2D eigenvalue weighted by atomic mass is 10.1. The SMILES string of the molecule is O=C(NCCCc1ccccc1)C1NNNC1Nc1ccccc1F. The molecule has 0 aromatic heterocycles. The maximum absolute atomic E-state index is 13.7. The van der Waals surface area contributed by atoms with Gasteiger partial charge in [-0.15, -0.1) is 0 Å². The van der Waals surface area contributed by atoms with Gasteiger partial charge in [-0.2, -0.15) is 5.53 Å². The second-order valence-electron chi connectivity index (χ2n) is 5.87. The monoisotopic (exact) mass is 343 g/mol. The maximum Gasteiger partial charge on any atom is 0.242 e. The number of rotatable bonds is 7. The zero-order valence-electron chi connectivity index (χ0n) is 13.8. The molecule has 1 fully saturated rings. The van der Waals surface area contributed by atoms with Crippen LogP contribution < -0.4 is 27.0 Å². The van der Waals surface area contributed by atoms with Crippen LogP contribution in [0.15, 0.2) is 54.6 Å². The Labute approximate surface area is 146 Å². The largest absolute Gasteiger partial charge is 0.365 e. The van der Waals surface area contributed by atoms with Gasteiger partial charge >= 0.3 is 0 Å². The quantitative estimate of drug-likeness (QED) is 0.490. The van der Waals surface area contributed by atoms with Crippen LogP contribution in [0, 0.1) is 5.82 Å². The lowest BCUT2D eigenvalue weighted by Gasteiger charge is -2.20. The van der Waals surface area contributed by atoms with Crippen molar-refractivity contribution in [3.8, 4) is 0 Å². The summed E-state index contributed by atoms with van der Waals surface area (Å²) in [5.74, 6) is -0.516. The summed E-state index contributed by atoms with van der Waals surface area (Å²) in [6.07, 6.45) is 1.30. The molecule has 1 heterocycles. The van der Waals surface area contributed by atoms with Crippen LogP contribution in [0.2, 0.25) is 0 Å². The fourth-order valence-electron chi connectivity index (χ4n) is 2.70. The summed E-state index contributed by atoms with van der Waals surface area (Å²) in [7, 11) is 0. The van der Waals surface area contributed by atoms with Crippen LogP contribution in [0.1, 0.15) is 12.0 Å². The lowest BCUT2D eigenvalue weighted by Crippen LogP contribution is -2.50. The number of amides is 1. The standard InChI is InChI=1S/C18H22FN5O/c19-14-10-4-5-11-15(14)21-17-16(22-24-23-17)18(25)20-12-6-9-13-7-2-1-3-8-13/h1-5,7-8,10-11,16-17,21-24H,6,9,12H2,(H,20,25). The first kappa shape index (κ1) is 17.3. The minimum absolute atomic E-state index is 0.153. The molecule has 0 saturated carbocycles. The molecule has 2 atom stereocenters. The number of hydrogen-bond acceptors (Lipinski definition) is 5. The van der Waals surface area contributed by atoms with Gasteiger partial charge in [0.1, 0.15) is 18.0 Å². The van der Waals surface area contributed by atoms with E-state index in [4.69, 9.17) is 0 Å². The molecule has 0 spiro atoms. The number of para-hydroxylation sites is 1. The number of carbonyl (C=O) groups excluding carboxylic acids is 1. The maximum atomic E-state index is 13.7. The van der Waals surface area contributed by atoms with E-state index in [0.29, 0.717) is 12.2 Å². The second kappa shape index (κ2) is 8.57. The highest BCUT2D eigenvalue weighted by Crippen LogP contribution is 2.14. The molecule has 2 aromatic carbocycles. The van der Waals surface area contributed by atoms with Crippen LogP contribution in [0.4, 0.5) is 10.1 Å². The molecule has 1 saturated heterocycles. The lowest BCUT2D eigenvalue weighted by molar-refractivity contribution is -0.123. The summed E-state index contributed by atoms with van der Waals surface area (Å²) in [6.45, 7) is 0.582. The van der Waals surface area contributed by atoms with E-state index in [1.165, 1.54) is 11.6 Å². The number of benzene rings is 2. The van der Waals surface area contributed by atoms with E-state index in [1.807, 2.05) is 18.2 Å². The Bertz CT molecular complexity index is 697. The predicted molar refractivity (Wildman–Crippen MR) is 94.8 cm³/mol.